The molecule has 0 bridgehead atoms. The molecule has 0 aliphatic rings. The fourth-order valence-corrected chi connectivity index (χ4v) is 4.43. The summed E-state index contributed by atoms with van der Waals surface area (Å²) in [4.78, 5) is 1.02. The highest BCUT2D eigenvalue weighted by atomic mass is 35.5. The standard InChI is InChI=1S/C12H12Cl2N2O2S2/c1-15-7-11-12(4-5-19-11)20(17,18)16-8-2-3-9(13)10(14)6-8/h2-6,15-16H,7H2,1H3. The molecule has 0 radical (unpaired) electrons. The van der Waals surface area contributed by atoms with Crippen LogP contribution in [0, 0.1) is 0 Å². The van der Waals surface area contributed by atoms with Gasteiger partial charge in [-0.2, -0.15) is 0 Å². The zero-order valence-corrected chi connectivity index (χ0v) is 13.6. The third-order valence-corrected chi connectivity index (χ3v) is 5.76. The van der Waals surface area contributed by atoms with Gasteiger partial charge in [0.2, 0.25) is 0 Å². The van der Waals surface area contributed by atoms with E-state index in [1.807, 2.05) is 0 Å². The van der Waals surface area contributed by atoms with E-state index in [2.05, 4.69) is 10.0 Å². The summed E-state index contributed by atoms with van der Waals surface area (Å²) in [5.74, 6) is 0. The van der Waals surface area contributed by atoms with Crippen LogP contribution in [0.5, 0.6) is 0 Å². The van der Waals surface area contributed by atoms with Crippen LogP contribution in [0.2, 0.25) is 10.0 Å². The lowest BCUT2D eigenvalue weighted by Gasteiger charge is -2.09. The van der Waals surface area contributed by atoms with Crippen molar-refractivity contribution in [2.45, 2.75) is 11.4 Å². The van der Waals surface area contributed by atoms with E-state index in [4.69, 9.17) is 23.2 Å². The van der Waals surface area contributed by atoms with E-state index in [0.29, 0.717) is 22.3 Å². The second-order valence-electron chi connectivity index (χ2n) is 3.97. The quantitative estimate of drug-likeness (QED) is 0.866. The topological polar surface area (TPSA) is 58.2 Å². The first-order chi connectivity index (χ1) is 9.44. The van der Waals surface area contributed by atoms with Gasteiger partial charge in [0.1, 0.15) is 4.90 Å². The zero-order chi connectivity index (χ0) is 14.8. The molecule has 4 nitrogen and oxygen atoms in total. The molecule has 0 aliphatic carbocycles. The Hall–Kier alpha value is -0.790. The first-order valence-corrected chi connectivity index (χ1v) is 8.75. The van der Waals surface area contributed by atoms with Crippen molar-refractivity contribution in [1.29, 1.82) is 0 Å². The van der Waals surface area contributed by atoms with E-state index in [1.165, 1.54) is 17.4 Å². The number of sulfonamides is 1. The Morgan fingerprint density at radius 3 is 2.60 bits per heavy atom. The average molecular weight is 351 g/mol. The van der Waals surface area contributed by atoms with Crippen molar-refractivity contribution < 1.29 is 8.42 Å². The second-order valence-corrected chi connectivity index (χ2v) is 7.44. The van der Waals surface area contributed by atoms with Crippen LogP contribution in [0.3, 0.4) is 0 Å². The van der Waals surface area contributed by atoms with Crippen LogP contribution in [0.1, 0.15) is 4.88 Å². The van der Waals surface area contributed by atoms with Gasteiger partial charge in [-0.3, -0.25) is 4.72 Å². The summed E-state index contributed by atoms with van der Waals surface area (Å²) >= 11 is 13.1. The molecule has 0 fully saturated rings. The maximum absolute atomic E-state index is 12.3. The molecule has 1 aromatic heterocycles. The van der Waals surface area contributed by atoms with Crippen molar-refractivity contribution in [2.24, 2.45) is 0 Å². The van der Waals surface area contributed by atoms with Crippen molar-refractivity contribution in [2.75, 3.05) is 11.8 Å². The maximum Gasteiger partial charge on any atom is 0.263 e. The molecule has 8 heteroatoms. The largest absolute Gasteiger partial charge is 0.315 e. The Balaban J connectivity index is 2.30. The van der Waals surface area contributed by atoms with Gasteiger partial charge in [0.15, 0.2) is 0 Å². The van der Waals surface area contributed by atoms with Gasteiger partial charge in [-0.25, -0.2) is 8.42 Å². The molecule has 0 aliphatic heterocycles. The lowest BCUT2D eigenvalue weighted by atomic mass is 10.3. The molecule has 2 N–H and O–H groups in total. The monoisotopic (exact) mass is 350 g/mol. The number of nitrogens with one attached hydrogen (secondary N) is 2. The molecule has 108 valence electrons. The number of anilines is 1. The predicted octanol–water partition coefficient (Wildman–Crippen LogP) is 3.58. The van der Waals surface area contributed by atoms with Gasteiger partial charge in [-0.1, -0.05) is 23.2 Å². The predicted molar refractivity (Wildman–Crippen MR) is 84.4 cm³/mol. The van der Waals surface area contributed by atoms with Crippen LogP contribution in [0.15, 0.2) is 34.5 Å². The minimum Gasteiger partial charge on any atom is -0.315 e. The third-order valence-electron chi connectivity index (χ3n) is 2.50. The lowest BCUT2D eigenvalue weighted by molar-refractivity contribution is 0.600. The number of hydrogen-bond acceptors (Lipinski definition) is 4. The molecular weight excluding hydrogens is 339 g/mol. The van der Waals surface area contributed by atoms with Crippen molar-refractivity contribution in [3.8, 4) is 0 Å². The van der Waals surface area contributed by atoms with Crippen LogP contribution in [0.25, 0.3) is 0 Å². The minimum absolute atomic E-state index is 0.267. The van der Waals surface area contributed by atoms with Crippen LogP contribution in [0.4, 0.5) is 5.69 Å². The molecule has 2 aromatic rings. The Morgan fingerprint density at radius 1 is 1.20 bits per heavy atom. The number of benzene rings is 1. The minimum atomic E-state index is -3.63. The summed E-state index contributed by atoms with van der Waals surface area (Å²) < 4.78 is 27.2. The first-order valence-electron chi connectivity index (χ1n) is 5.63. The normalized spacial score (nSPS) is 11.6. The number of rotatable bonds is 5. The molecule has 0 unspecified atom stereocenters. The molecule has 0 spiro atoms. The van der Waals surface area contributed by atoms with Crippen LogP contribution in [-0.2, 0) is 16.6 Å². The maximum atomic E-state index is 12.3. The van der Waals surface area contributed by atoms with E-state index in [9.17, 15) is 8.42 Å². The van der Waals surface area contributed by atoms with Crippen LogP contribution < -0.4 is 10.0 Å². The lowest BCUT2D eigenvalue weighted by Crippen LogP contribution is -2.15. The second kappa shape index (κ2) is 6.32. The summed E-state index contributed by atoms with van der Waals surface area (Å²) in [7, 11) is -1.87. The molecule has 1 heterocycles. The molecule has 2 rings (SSSR count). The van der Waals surface area contributed by atoms with Crippen LogP contribution >= 0.6 is 34.5 Å². The fraction of sp³-hybridized carbons (Fsp3) is 0.167. The zero-order valence-electron chi connectivity index (χ0n) is 10.5. The number of hydrogen-bond donors (Lipinski definition) is 2. The summed E-state index contributed by atoms with van der Waals surface area (Å²) in [5, 5.41) is 5.36. The summed E-state index contributed by atoms with van der Waals surface area (Å²) in [5.41, 5.74) is 0.376. The molecule has 0 saturated carbocycles. The molecule has 0 amide bonds. The smallest absolute Gasteiger partial charge is 0.263 e. The van der Waals surface area contributed by atoms with Gasteiger partial charge in [0, 0.05) is 11.4 Å². The average Bonchev–Trinajstić information content (AvgIpc) is 2.83. The Morgan fingerprint density at radius 2 is 1.95 bits per heavy atom. The first kappa shape index (κ1) is 15.6. The van der Waals surface area contributed by atoms with E-state index in [-0.39, 0.29) is 4.90 Å². The summed E-state index contributed by atoms with van der Waals surface area (Å²) in [6, 6.07) is 6.17. The summed E-state index contributed by atoms with van der Waals surface area (Å²) in [6.45, 7) is 0.495. The van der Waals surface area contributed by atoms with E-state index in [1.54, 1.807) is 30.6 Å². The van der Waals surface area contributed by atoms with Crippen molar-refractivity contribution in [1.82, 2.24) is 5.32 Å². The van der Waals surface area contributed by atoms with E-state index < -0.39 is 10.0 Å². The highest BCUT2D eigenvalue weighted by molar-refractivity contribution is 7.93. The van der Waals surface area contributed by atoms with E-state index >= 15 is 0 Å². The van der Waals surface area contributed by atoms with Crippen molar-refractivity contribution >= 4 is 50.2 Å². The Labute approximate surface area is 131 Å². The van der Waals surface area contributed by atoms with Gasteiger partial charge in [0.05, 0.1) is 15.7 Å². The van der Waals surface area contributed by atoms with Crippen molar-refractivity contribution in [3.63, 3.8) is 0 Å². The highest BCUT2D eigenvalue weighted by Crippen LogP contribution is 2.28. The summed E-state index contributed by atoms with van der Waals surface area (Å²) in [6.07, 6.45) is 0. The van der Waals surface area contributed by atoms with Gasteiger partial charge >= 0.3 is 0 Å². The number of thiophene rings is 1. The molecule has 0 saturated heterocycles. The fourth-order valence-electron chi connectivity index (χ4n) is 1.63. The van der Waals surface area contributed by atoms with Gasteiger partial charge in [0.25, 0.3) is 10.0 Å². The molecule has 1 aromatic carbocycles. The van der Waals surface area contributed by atoms with E-state index in [0.717, 1.165) is 4.88 Å². The molecular formula is C12H12Cl2N2O2S2. The molecule has 20 heavy (non-hydrogen) atoms. The van der Waals surface area contributed by atoms with Gasteiger partial charge in [-0.05, 0) is 36.7 Å². The highest BCUT2D eigenvalue weighted by Gasteiger charge is 2.19. The van der Waals surface area contributed by atoms with Crippen LogP contribution in [-0.4, -0.2) is 15.5 Å². The Kier molecular flexibility index (Phi) is 4.93. The van der Waals surface area contributed by atoms with Gasteiger partial charge < -0.3 is 5.32 Å². The SMILES string of the molecule is CNCc1sccc1S(=O)(=O)Nc1ccc(Cl)c(Cl)c1. The van der Waals surface area contributed by atoms with Crippen molar-refractivity contribution in [3.05, 3.63) is 44.6 Å². The van der Waals surface area contributed by atoms with Gasteiger partial charge in [-0.15, -0.1) is 11.3 Å². The molecule has 0 atom stereocenters. The number of halogens is 2. The Bertz CT molecular complexity index is 714. The third kappa shape index (κ3) is 3.45.